The van der Waals surface area contributed by atoms with Crippen LogP contribution in [0.15, 0.2) is 0 Å². The van der Waals surface area contributed by atoms with Crippen LogP contribution in [0.1, 0.15) is 77.6 Å². The molecule has 0 rings (SSSR count). The molecule has 0 aromatic heterocycles. The van der Waals surface area contributed by atoms with Crippen molar-refractivity contribution < 1.29 is 0 Å². The molecule has 14 heavy (non-hydrogen) atoms. The molecular weight excluding hydrogens is 365 g/mol. The van der Waals surface area contributed by atoms with Gasteiger partial charge < -0.3 is 0 Å². The van der Waals surface area contributed by atoms with Crippen LogP contribution in [0.2, 0.25) is 4.13 Å². The Morgan fingerprint density at radius 1 is 0.571 bits per heavy atom. The van der Waals surface area contributed by atoms with Crippen LogP contribution in [0.3, 0.4) is 0 Å². The first-order valence-electron chi connectivity index (χ1n) is 6.62. The minimum absolute atomic E-state index is 1.23. The van der Waals surface area contributed by atoms with E-state index in [0.717, 1.165) is 0 Å². The van der Waals surface area contributed by atoms with Crippen LogP contribution in [0.5, 0.6) is 0 Å². The van der Waals surface area contributed by atoms with E-state index >= 15 is 0 Å². The quantitative estimate of drug-likeness (QED) is 0.361. The molecule has 1 heteroatoms. The molecule has 0 nitrogen and oxygen atoms in total. The van der Waals surface area contributed by atoms with Gasteiger partial charge >= 0.3 is 99.5 Å². The Morgan fingerprint density at radius 3 is 1.29 bits per heavy atom. The van der Waals surface area contributed by atoms with Gasteiger partial charge in [0.1, 0.15) is 0 Å². The first-order valence-corrected chi connectivity index (χ1v) is 9.79. The fraction of sp³-hybridized carbons (Fsp3) is 1.00. The van der Waals surface area contributed by atoms with Crippen LogP contribution in [0.25, 0.3) is 0 Å². The summed E-state index contributed by atoms with van der Waals surface area (Å²) in [6.45, 7) is 2.29. The Balaban J connectivity index is 2.78. The molecule has 0 aliphatic rings. The molecule has 0 amide bonds. The van der Waals surface area contributed by atoms with E-state index in [1.807, 2.05) is 0 Å². The molecule has 0 saturated heterocycles. The van der Waals surface area contributed by atoms with Crippen LogP contribution < -0.4 is 0 Å². The molecule has 0 bridgehead atoms. The summed E-state index contributed by atoms with van der Waals surface area (Å²) in [7, 11) is 0. The molecule has 0 spiro atoms. The number of rotatable bonds is 11. The summed E-state index contributed by atoms with van der Waals surface area (Å²) in [6.07, 6.45) is 16.3. The summed E-state index contributed by atoms with van der Waals surface area (Å²) >= 11 is 1.23. The van der Waals surface area contributed by atoms with E-state index in [1.165, 1.54) is 99.5 Å². The first kappa shape index (κ1) is 14.9. The van der Waals surface area contributed by atoms with Crippen LogP contribution >= 0.6 is 0 Å². The summed E-state index contributed by atoms with van der Waals surface area (Å²) in [5, 5.41) is 0. The zero-order valence-corrected chi connectivity index (χ0v) is 14.6. The Kier molecular flexibility index (Phi) is 14.8. The average Bonchev–Trinajstić information content (AvgIpc) is 2.21. The SMILES string of the molecule is CCCCCCCCCCCC[CH2][BiH2]. The van der Waals surface area contributed by atoms with Crippen molar-refractivity contribution in [1.82, 2.24) is 0 Å². The molecule has 0 aromatic carbocycles. The van der Waals surface area contributed by atoms with Gasteiger partial charge in [-0.3, -0.25) is 0 Å². The number of hydrogen-bond acceptors (Lipinski definition) is 0. The van der Waals surface area contributed by atoms with E-state index in [2.05, 4.69) is 6.92 Å². The van der Waals surface area contributed by atoms with Gasteiger partial charge in [-0.05, 0) is 0 Å². The Hall–Kier alpha value is 0.883. The Morgan fingerprint density at radius 2 is 0.929 bits per heavy atom. The van der Waals surface area contributed by atoms with Gasteiger partial charge in [0.25, 0.3) is 0 Å². The summed E-state index contributed by atoms with van der Waals surface area (Å²) in [6, 6.07) is 0. The van der Waals surface area contributed by atoms with E-state index in [4.69, 9.17) is 0 Å². The van der Waals surface area contributed by atoms with Crippen molar-refractivity contribution in [3.63, 3.8) is 0 Å². The fourth-order valence-electron chi connectivity index (χ4n) is 1.81. The van der Waals surface area contributed by atoms with Crippen molar-refractivity contribution in [3.05, 3.63) is 0 Å². The Bertz CT molecular complexity index is 79.2. The van der Waals surface area contributed by atoms with E-state index in [9.17, 15) is 0 Å². The van der Waals surface area contributed by atoms with Crippen molar-refractivity contribution in [2.75, 3.05) is 0 Å². The second-order valence-electron chi connectivity index (χ2n) is 4.32. The van der Waals surface area contributed by atoms with Gasteiger partial charge in [0.2, 0.25) is 0 Å². The summed E-state index contributed by atoms with van der Waals surface area (Å²) in [4.78, 5) is 0. The third-order valence-electron chi connectivity index (χ3n) is 2.81. The van der Waals surface area contributed by atoms with Gasteiger partial charge in [0.05, 0.1) is 0 Å². The second-order valence-corrected chi connectivity index (χ2v) is 6.57. The van der Waals surface area contributed by atoms with Gasteiger partial charge in [-0.15, -0.1) is 0 Å². The molecule has 0 heterocycles. The molecule has 0 aromatic rings. The molecule has 0 radical (unpaired) electrons. The normalized spacial score (nSPS) is 10.7. The molecule has 0 aliphatic heterocycles. The van der Waals surface area contributed by atoms with E-state index in [1.54, 1.807) is 0 Å². The minimum atomic E-state index is 1.23. The fourth-order valence-corrected chi connectivity index (χ4v) is 2.93. The molecule has 0 saturated carbocycles. The van der Waals surface area contributed by atoms with Gasteiger partial charge in [-0.25, -0.2) is 0 Å². The molecule has 0 N–H and O–H groups in total. The van der Waals surface area contributed by atoms with E-state index < -0.39 is 0 Å². The standard InChI is InChI=1S/C13H27.Bi.2H/c1-3-5-7-9-11-13-12-10-8-6-4-2;;;/h1,3-13H2,2H3;;;. The summed E-state index contributed by atoms with van der Waals surface area (Å²) in [5.41, 5.74) is 0. The number of hydrogen-bond donors (Lipinski definition) is 0. The van der Waals surface area contributed by atoms with E-state index in [0.29, 0.717) is 0 Å². The predicted octanol–water partition coefficient (Wildman–Crippen LogP) is 4.35. The molecule has 0 fully saturated rings. The third-order valence-corrected chi connectivity index (χ3v) is 4.39. The van der Waals surface area contributed by atoms with Crippen LogP contribution in [0.4, 0.5) is 0 Å². The molecular formula is C13H29Bi. The Labute approximate surface area is 106 Å². The van der Waals surface area contributed by atoms with Gasteiger partial charge in [0, 0.05) is 0 Å². The van der Waals surface area contributed by atoms with Crippen molar-refractivity contribution in [2.24, 2.45) is 0 Å². The van der Waals surface area contributed by atoms with E-state index in [-0.39, 0.29) is 0 Å². The zero-order valence-electron chi connectivity index (χ0n) is 10.1. The van der Waals surface area contributed by atoms with Crippen molar-refractivity contribution in [1.29, 1.82) is 0 Å². The second kappa shape index (κ2) is 13.9. The maximum atomic E-state index is 2.29. The van der Waals surface area contributed by atoms with Crippen molar-refractivity contribution in [2.45, 2.75) is 81.7 Å². The van der Waals surface area contributed by atoms with Gasteiger partial charge in [-0.1, -0.05) is 6.92 Å². The summed E-state index contributed by atoms with van der Waals surface area (Å²) in [5.74, 6) is 0. The summed E-state index contributed by atoms with van der Waals surface area (Å²) < 4.78 is 1.54. The first-order chi connectivity index (χ1) is 6.91. The molecule has 0 atom stereocenters. The zero-order chi connectivity index (χ0) is 10.5. The monoisotopic (exact) mass is 394 g/mol. The van der Waals surface area contributed by atoms with Gasteiger partial charge in [-0.2, -0.15) is 0 Å². The van der Waals surface area contributed by atoms with Crippen LogP contribution in [-0.4, -0.2) is 24.7 Å². The van der Waals surface area contributed by atoms with Gasteiger partial charge in [0.15, 0.2) is 0 Å². The molecule has 0 unspecified atom stereocenters. The predicted molar refractivity (Wildman–Crippen MR) is 69.8 cm³/mol. The molecule has 86 valence electrons. The topological polar surface area (TPSA) is 0 Å². The third kappa shape index (κ3) is 12.9. The van der Waals surface area contributed by atoms with Crippen molar-refractivity contribution in [3.8, 4) is 0 Å². The number of unbranched alkanes of at least 4 members (excludes halogenated alkanes) is 10. The average molecular weight is 394 g/mol. The van der Waals surface area contributed by atoms with Crippen molar-refractivity contribution >= 4 is 24.7 Å². The van der Waals surface area contributed by atoms with Crippen LogP contribution in [-0.2, 0) is 0 Å². The maximum absolute atomic E-state index is 2.29. The molecule has 0 aliphatic carbocycles. The van der Waals surface area contributed by atoms with Crippen LogP contribution in [0, 0.1) is 0 Å².